The van der Waals surface area contributed by atoms with E-state index >= 15 is 0 Å². The molecule has 1 amide bonds. The Kier molecular flexibility index (Phi) is 3.09. The molecule has 1 unspecified atom stereocenters. The van der Waals surface area contributed by atoms with Crippen LogP contribution < -0.4 is 4.90 Å². The van der Waals surface area contributed by atoms with Gasteiger partial charge in [0, 0.05) is 0 Å². The SMILES string of the molecule is N#CC1CN(c2ccccc2Cl)C(=O)CO1. The predicted octanol–water partition coefficient (Wildman–Crippen LogP) is 1.60. The molecule has 1 fully saturated rings. The lowest BCUT2D eigenvalue weighted by atomic mass is 10.2. The first kappa shape index (κ1) is 10.9. The minimum atomic E-state index is -0.589. The molecular weight excluding hydrogens is 228 g/mol. The molecule has 1 saturated heterocycles. The molecule has 4 nitrogen and oxygen atoms in total. The molecule has 0 spiro atoms. The van der Waals surface area contributed by atoms with Crippen LogP contribution in [0, 0.1) is 11.3 Å². The van der Waals surface area contributed by atoms with Gasteiger partial charge >= 0.3 is 0 Å². The molecule has 0 saturated carbocycles. The predicted molar refractivity (Wildman–Crippen MR) is 59.2 cm³/mol. The van der Waals surface area contributed by atoms with E-state index in [1.807, 2.05) is 6.07 Å². The highest BCUT2D eigenvalue weighted by Gasteiger charge is 2.28. The molecule has 1 aliphatic heterocycles. The van der Waals surface area contributed by atoms with Gasteiger partial charge in [0.1, 0.15) is 6.61 Å². The maximum absolute atomic E-state index is 11.6. The second kappa shape index (κ2) is 4.52. The van der Waals surface area contributed by atoms with Gasteiger partial charge in [-0.2, -0.15) is 5.26 Å². The third kappa shape index (κ3) is 2.01. The summed E-state index contributed by atoms with van der Waals surface area (Å²) >= 11 is 6.00. The van der Waals surface area contributed by atoms with Gasteiger partial charge in [-0.3, -0.25) is 4.79 Å². The summed E-state index contributed by atoms with van der Waals surface area (Å²) in [6.45, 7) is 0.141. The molecule has 0 aliphatic carbocycles. The summed E-state index contributed by atoms with van der Waals surface area (Å²) in [6, 6.07) is 9.03. The smallest absolute Gasteiger partial charge is 0.253 e. The number of rotatable bonds is 1. The average molecular weight is 237 g/mol. The molecule has 0 aromatic heterocycles. The van der Waals surface area contributed by atoms with Gasteiger partial charge in [0.25, 0.3) is 5.91 Å². The minimum absolute atomic E-state index is 0.0799. The van der Waals surface area contributed by atoms with E-state index in [-0.39, 0.29) is 19.1 Å². The van der Waals surface area contributed by atoms with Crippen LogP contribution in [0.25, 0.3) is 0 Å². The Morgan fingerprint density at radius 3 is 2.94 bits per heavy atom. The van der Waals surface area contributed by atoms with E-state index in [0.29, 0.717) is 10.7 Å². The lowest BCUT2D eigenvalue weighted by Gasteiger charge is -2.30. The molecule has 0 N–H and O–H groups in total. The van der Waals surface area contributed by atoms with Gasteiger partial charge in [-0.25, -0.2) is 0 Å². The van der Waals surface area contributed by atoms with Crippen LogP contribution >= 0.6 is 11.6 Å². The van der Waals surface area contributed by atoms with Crippen molar-refractivity contribution in [2.24, 2.45) is 0 Å². The van der Waals surface area contributed by atoms with Crippen molar-refractivity contribution >= 4 is 23.2 Å². The minimum Gasteiger partial charge on any atom is -0.352 e. The van der Waals surface area contributed by atoms with Crippen molar-refractivity contribution in [3.8, 4) is 6.07 Å². The van der Waals surface area contributed by atoms with Crippen molar-refractivity contribution in [1.29, 1.82) is 5.26 Å². The molecule has 1 heterocycles. The highest BCUT2D eigenvalue weighted by Crippen LogP contribution is 2.27. The van der Waals surface area contributed by atoms with Crippen LogP contribution in [0.2, 0.25) is 5.02 Å². The third-order valence-corrected chi connectivity index (χ3v) is 2.66. The number of anilines is 1. The number of para-hydroxylation sites is 1. The van der Waals surface area contributed by atoms with Crippen LogP contribution in [-0.2, 0) is 9.53 Å². The largest absolute Gasteiger partial charge is 0.352 e. The number of nitrogens with zero attached hydrogens (tertiary/aromatic N) is 2. The summed E-state index contributed by atoms with van der Waals surface area (Å²) < 4.78 is 5.04. The van der Waals surface area contributed by atoms with Crippen LogP contribution in [0.15, 0.2) is 24.3 Å². The first-order valence-electron chi connectivity index (χ1n) is 4.78. The van der Waals surface area contributed by atoms with Gasteiger partial charge in [-0.15, -0.1) is 0 Å². The quantitative estimate of drug-likeness (QED) is 0.744. The monoisotopic (exact) mass is 236 g/mol. The van der Waals surface area contributed by atoms with Gasteiger partial charge in [-0.1, -0.05) is 23.7 Å². The summed E-state index contributed by atoms with van der Waals surface area (Å²) in [6.07, 6.45) is -0.589. The molecule has 16 heavy (non-hydrogen) atoms. The lowest BCUT2D eigenvalue weighted by molar-refractivity contribution is -0.127. The molecule has 1 atom stereocenters. The number of ether oxygens (including phenoxy) is 1. The number of carbonyl (C=O) groups is 1. The number of carbonyl (C=O) groups excluding carboxylic acids is 1. The summed E-state index contributed by atoms with van der Waals surface area (Å²) in [5.41, 5.74) is 0.623. The molecule has 5 heteroatoms. The normalized spacial score (nSPS) is 20.6. The van der Waals surface area contributed by atoms with Gasteiger partial charge in [-0.05, 0) is 12.1 Å². The Balaban J connectivity index is 2.29. The average Bonchev–Trinajstić information content (AvgIpc) is 2.31. The van der Waals surface area contributed by atoms with Crippen LogP contribution in [-0.4, -0.2) is 25.2 Å². The summed E-state index contributed by atoms with van der Waals surface area (Å²) in [5.74, 6) is -0.181. The summed E-state index contributed by atoms with van der Waals surface area (Å²) in [5, 5.41) is 9.26. The zero-order chi connectivity index (χ0) is 11.5. The molecule has 2 rings (SSSR count). The number of benzene rings is 1. The van der Waals surface area contributed by atoms with Gasteiger partial charge in [0.05, 0.1) is 23.3 Å². The topological polar surface area (TPSA) is 53.3 Å². The van der Waals surface area contributed by atoms with E-state index in [4.69, 9.17) is 21.6 Å². The third-order valence-electron chi connectivity index (χ3n) is 2.34. The van der Waals surface area contributed by atoms with E-state index in [1.165, 1.54) is 4.90 Å². The maximum Gasteiger partial charge on any atom is 0.253 e. The summed E-state index contributed by atoms with van der Waals surface area (Å²) in [4.78, 5) is 13.1. The molecule has 0 radical (unpaired) electrons. The second-order valence-electron chi connectivity index (χ2n) is 3.38. The number of nitriles is 1. The van der Waals surface area contributed by atoms with Gasteiger partial charge in [0.15, 0.2) is 6.10 Å². The van der Waals surface area contributed by atoms with Crippen LogP contribution in [0.4, 0.5) is 5.69 Å². The van der Waals surface area contributed by atoms with Crippen molar-refractivity contribution in [2.45, 2.75) is 6.10 Å². The Morgan fingerprint density at radius 2 is 2.25 bits per heavy atom. The highest BCUT2D eigenvalue weighted by molar-refractivity contribution is 6.33. The fraction of sp³-hybridized carbons (Fsp3) is 0.273. The lowest BCUT2D eigenvalue weighted by Crippen LogP contribution is -2.46. The zero-order valence-electron chi connectivity index (χ0n) is 8.39. The standard InChI is InChI=1S/C11H9ClN2O2/c12-9-3-1-2-4-10(9)14-6-8(5-13)16-7-11(14)15/h1-4,8H,6-7H2. The van der Waals surface area contributed by atoms with Crippen LogP contribution in [0.5, 0.6) is 0 Å². The molecule has 1 aliphatic rings. The number of halogens is 1. The Morgan fingerprint density at radius 1 is 1.50 bits per heavy atom. The second-order valence-corrected chi connectivity index (χ2v) is 3.79. The van der Waals surface area contributed by atoms with E-state index in [0.717, 1.165) is 0 Å². The van der Waals surface area contributed by atoms with Crippen molar-refractivity contribution < 1.29 is 9.53 Å². The van der Waals surface area contributed by atoms with E-state index < -0.39 is 6.10 Å². The fourth-order valence-corrected chi connectivity index (χ4v) is 1.79. The Hall–Kier alpha value is -1.57. The van der Waals surface area contributed by atoms with Crippen molar-refractivity contribution in [3.63, 3.8) is 0 Å². The van der Waals surface area contributed by atoms with E-state index in [1.54, 1.807) is 24.3 Å². The van der Waals surface area contributed by atoms with E-state index in [9.17, 15) is 4.79 Å². The molecule has 0 bridgehead atoms. The molecule has 1 aromatic carbocycles. The maximum atomic E-state index is 11.6. The highest BCUT2D eigenvalue weighted by atomic mass is 35.5. The van der Waals surface area contributed by atoms with Crippen LogP contribution in [0.3, 0.4) is 0 Å². The van der Waals surface area contributed by atoms with Crippen molar-refractivity contribution in [1.82, 2.24) is 0 Å². The van der Waals surface area contributed by atoms with Crippen molar-refractivity contribution in [3.05, 3.63) is 29.3 Å². The summed E-state index contributed by atoms with van der Waals surface area (Å²) in [7, 11) is 0. The number of hydrogen-bond acceptors (Lipinski definition) is 3. The number of hydrogen-bond donors (Lipinski definition) is 0. The first-order valence-corrected chi connectivity index (χ1v) is 5.16. The van der Waals surface area contributed by atoms with Crippen LogP contribution in [0.1, 0.15) is 0 Å². The Bertz CT molecular complexity index is 456. The molecule has 82 valence electrons. The van der Waals surface area contributed by atoms with Gasteiger partial charge < -0.3 is 9.64 Å². The molecule has 1 aromatic rings. The number of amides is 1. The fourth-order valence-electron chi connectivity index (χ4n) is 1.55. The molecular formula is C11H9ClN2O2. The van der Waals surface area contributed by atoms with Gasteiger partial charge in [0.2, 0.25) is 0 Å². The number of morpholine rings is 1. The zero-order valence-corrected chi connectivity index (χ0v) is 9.15. The Labute approximate surface area is 98.0 Å². The van der Waals surface area contributed by atoms with Crippen molar-refractivity contribution in [2.75, 3.05) is 18.1 Å². The van der Waals surface area contributed by atoms with E-state index in [2.05, 4.69) is 0 Å². The first-order chi connectivity index (χ1) is 7.72.